The Morgan fingerprint density at radius 3 is 1.71 bits per heavy atom. The number of hydrogen-bond donors (Lipinski definition) is 0. The fourth-order valence-corrected chi connectivity index (χ4v) is 5.29. The third-order valence-corrected chi connectivity index (χ3v) is 7.28. The molecule has 1 aliphatic rings. The maximum absolute atomic E-state index is 14.7. The van der Waals surface area contributed by atoms with Crippen LogP contribution in [0.5, 0.6) is 5.75 Å². The van der Waals surface area contributed by atoms with Crippen molar-refractivity contribution in [3.8, 4) is 16.9 Å². The summed E-state index contributed by atoms with van der Waals surface area (Å²) in [5, 5.41) is 0. The Kier molecular flexibility index (Phi) is 8.96. The lowest BCUT2D eigenvalue weighted by Gasteiger charge is -2.28. The van der Waals surface area contributed by atoms with Gasteiger partial charge in [0.25, 0.3) is 0 Å². The molecule has 1 fully saturated rings. The normalized spacial score (nSPS) is 18.4. The molecule has 0 radical (unpaired) electrons. The molecule has 0 spiro atoms. The molecule has 0 saturated heterocycles. The zero-order chi connectivity index (χ0) is 30.0. The summed E-state index contributed by atoms with van der Waals surface area (Å²) in [6.45, 7) is 2.20. The molecular formula is C30H27F9O2. The molecule has 0 atom stereocenters. The van der Waals surface area contributed by atoms with Crippen LogP contribution < -0.4 is 4.74 Å². The molecule has 3 aromatic rings. The van der Waals surface area contributed by atoms with Crippen LogP contribution >= 0.6 is 0 Å². The Bertz CT molecular complexity index is 1290. The monoisotopic (exact) mass is 590 g/mol. The summed E-state index contributed by atoms with van der Waals surface area (Å²) in [5.41, 5.74) is -0.474. The van der Waals surface area contributed by atoms with Crippen molar-refractivity contribution >= 4 is 0 Å². The second kappa shape index (κ2) is 12.0. The van der Waals surface area contributed by atoms with Crippen LogP contribution in [0.25, 0.3) is 11.1 Å². The summed E-state index contributed by atoms with van der Waals surface area (Å²) in [4.78, 5) is 0. The van der Waals surface area contributed by atoms with Crippen molar-refractivity contribution in [1.82, 2.24) is 0 Å². The molecule has 222 valence electrons. The molecule has 1 saturated carbocycles. The van der Waals surface area contributed by atoms with Crippen molar-refractivity contribution in [2.24, 2.45) is 5.92 Å². The van der Waals surface area contributed by atoms with E-state index in [0.29, 0.717) is 11.5 Å². The van der Waals surface area contributed by atoms with Gasteiger partial charge in [-0.1, -0.05) is 56.2 Å². The van der Waals surface area contributed by atoms with Gasteiger partial charge in [0, 0.05) is 12.1 Å². The van der Waals surface area contributed by atoms with E-state index >= 15 is 0 Å². The van der Waals surface area contributed by atoms with E-state index in [4.69, 9.17) is 0 Å². The van der Waals surface area contributed by atoms with Crippen LogP contribution in [0.4, 0.5) is 39.5 Å². The Hall–Kier alpha value is -3.21. The van der Waals surface area contributed by atoms with E-state index in [1.54, 1.807) is 0 Å². The summed E-state index contributed by atoms with van der Waals surface area (Å²) < 4.78 is 128. The van der Waals surface area contributed by atoms with Gasteiger partial charge < -0.3 is 4.74 Å². The summed E-state index contributed by atoms with van der Waals surface area (Å²) in [5.74, 6) is -4.48. The molecule has 0 unspecified atom stereocenters. The predicted octanol–water partition coefficient (Wildman–Crippen LogP) is 10.4. The quantitative estimate of drug-likeness (QED) is 0.231. The van der Waals surface area contributed by atoms with Crippen LogP contribution in [0.15, 0.2) is 60.7 Å². The molecule has 41 heavy (non-hydrogen) atoms. The maximum atomic E-state index is 14.7. The highest BCUT2D eigenvalue weighted by atomic mass is 19.4. The zero-order valence-electron chi connectivity index (χ0n) is 21.9. The second-order valence-corrected chi connectivity index (χ2v) is 10.2. The van der Waals surface area contributed by atoms with E-state index in [0.717, 1.165) is 36.5 Å². The fourth-order valence-electron chi connectivity index (χ4n) is 5.29. The number of hydrogen-bond acceptors (Lipinski definition) is 2. The first-order chi connectivity index (χ1) is 19.2. The molecular weight excluding hydrogens is 563 g/mol. The number of ether oxygens (including phenoxy) is 2. The van der Waals surface area contributed by atoms with Crippen LogP contribution in [0, 0.1) is 17.6 Å². The fraction of sp³-hybridized carbons (Fsp3) is 0.400. The van der Waals surface area contributed by atoms with Crippen molar-refractivity contribution in [3.63, 3.8) is 0 Å². The maximum Gasteiger partial charge on any atom is 0.527 e. The third-order valence-electron chi connectivity index (χ3n) is 7.28. The number of alkyl halides is 7. The van der Waals surface area contributed by atoms with Crippen molar-refractivity contribution in [2.45, 2.75) is 69.9 Å². The number of rotatable bonds is 9. The number of halogens is 9. The van der Waals surface area contributed by atoms with Crippen LogP contribution in [0.3, 0.4) is 0 Å². The van der Waals surface area contributed by atoms with Gasteiger partial charge in [0.1, 0.15) is 22.9 Å². The second-order valence-electron chi connectivity index (χ2n) is 10.2. The standard InChI is InChI=1S/C30H27F9O2/c1-2-3-18-4-6-19(7-5-18)20-8-10-21(11-9-20)22-12-14-23(15-13-22)28(33,34)40-24-16-25(31)27(26(32)17-24)29(35,36)41-30(37,38)39/h8-19H,2-7H2,1H3. The lowest BCUT2D eigenvalue weighted by Crippen LogP contribution is -2.30. The van der Waals surface area contributed by atoms with Crippen molar-refractivity contribution in [3.05, 3.63) is 89.0 Å². The minimum Gasteiger partial charge on any atom is -0.429 e. The topological polar surface area (TPSA) is 18.5 Å². The van der Waals surface area contributed by atoms with Gasteiger partial charge in [0.15, 0.2) is 0 Å². The Balaban J connectivity index is 1.44. The molecule has 0 aromatic heterocycles. The van der Waals surface area contributed by atoms with E-state index in [1.807, 2.05) is 24.3 Å². The molecule has 1 aliphatic carbocycles. The van der Waals surface area contributed by atoms with E-state index in [9.17, 15) is 39.5 Å². The van der Waals surface area contributed by atoms with E-state index in [2.05, 4.69) is 16.4 Å². The lowest BCUT2D eigenvalue weighted by atomic mass is 9.77. The van der Waals surface area contributed by atoms with Gasteiger partial charge in [0.05, 0.1) is 5.56 Å². The highest BCUT2D eigenvalue weighted by Gasteiger charge is 2.50. The lowest BCUT2D eigenvalue weighted by molar-refractivity contribution is -0.432. The summed E-state index contributed by atoms with van der Waals surface area (Å²) >= 11 is 0. The third kappa shape index (κ3) is 7.55. The Morgan fingerprint density at radius 2 is 1.22 bits per heavy atom. The molecule has 0 amide bonds. The van der Waals surface area contributed by atoms with Gasteiger partial charge in [-0.3, -0.25) is 0 Å². The Morgan fingerprint density at radius 1 is 0.707 bits per heavy atom. The molecule has 11 heteroatoms. The first-order valence-electron chi connectivity index (χ1n) is 13.1. The smallest absolute Gasteiger partial charge is 0.429 e. The molecule has 0 aliphatic heterocycles. The molecule has 3 aromatic carbocycles. The van der Waals surface area contributed by atoms with Gasteiger partial charge in [-0.25, -0.2) is 13.5 Å². The summed E-state index contributed by atoms with van der Waals surface area (Å²) in [6.07, 6.45) is -8.41. The van der Waals surface area contributed by atoms with Gasteiger partial charge in [0.2, 0.25) is 0 Å². The highest BCUT2D eigenvalue weighted by Crippen LogP contribution is 2.42. The molecule has 0 N–H and O–H groups in total. The van der Waals surface area contributed by atoms with Gasteiger partial charge >= 0.3 is 18.6 Å². The average Bonchev–Trinajstić information content (AvgIpc) is 2.87. The largest absolute Gasteiger partial charge is 0.527 e. The van der Waals surface area contributed by atoms with Crippen molar-refractivity contribution < 1.29 is 49.0 Å². The first-order valence-corrected chi connectivity index (χ1v) is 13.1. The van der Waals surface area contributed by atoms with E-state index < -0.39 is 47.1 Å². The van der Waals surface area contributed by atoms with Crippen molar-refractivity contribution in [2.75, 3.05) is 0 Å². The van der Waals surface area contributed by atoms with E-state index in [-0.39, 0.29) is 12.1 Å². The number of benzene rings is 3. The van der Waals surface area contributed by atoms with Gasteiger partial charge in [-0.05, 0) is 66.3 Å². The molecule has 0 bridgehead atoms. The zero-order valence-corrected chi connectivity index (χ0v) is 21.9. The van der Waals surface area contributed by atoms with Crippen molar-refractivity contribution in [1.29, 1.82) is 0 Å². The van der Waals surface area contributed by atoms with E-state index in [1.165, 1.54) is 43.4 Å². The highest BCUT2D eigenvalue weighted by molar-refractivity contribution is 5.64. The molecule has 4 rings (SSSR count). The molecule has 0 heterocycles. The van der Waals surface area contributed by atoms with Crippen LogP contribution in [0.1, 0.15) is 68.1 Å². The molecule has 2 nitrogen and oxygen atoms in total. The minimum atomic E-state index is -5.92. The summed E-state index contributed by atoms with van der Waals surface area (Å²) in [7, 11) is 0. The Labute approximate surface area is 231 Å². The van der Waals surface area contributed by atoms with Gasteiger partial charge in [-0.2, -0.15) is 17.6 Å². The first kappa shape index (κ1) is 30.7. The average molecular weight is 591 g/mol. The van der Waals surface area contributed by atoms with Crippen LogP contribution in [-0.2, 0) is 17.0 Å². The van der Waals surface area contributed by atoms with Crippen LogP contribution in [0.2, 0.25) is 0 Å². The predicted molar refractivity (Wildman–Crippen MR) is 133 cm³/mol. The van der Waals surface area contributed by atoms with Crippen LogP contribution in [-0.4, -0.2) is 6.36 Å². The summed E-state index contributed by atoms with van der Waals surface area (Å²) in [6, 6.07) is 12.6. The minimum absolute atomic E-state index is 0.0772. The van der Waals surface area contributed by atoms with Gasteiger partial charge in [-0.15, -0.1) is 13.2 Å². The SMILES string of the molecule is CCCC1CCC(c2ccc(-c3ccc(C(F)(F)Oc4cc(F)c(C(F)(F)OC(F)(F)F)c(F)c4)cc3)cc2)CC1.